The van der Waals surface area contributed by atoms with Crippen LogP contribution in [0.5, 0.6) is 0 Å². The highest BCUT2D eigenvalue weighted by Gasteiger charge is 2.32. The molecule has 0 radical (unpaired) electrons. The molecule has 162 valence electrons. The van der Waals surface area contributed by atoms with Crippen molar-refractivity contribution in [1.29, 1.82) is 0 Å². The van der Waals surface area contributed by atoms with E-state index in [1.165, 1.54) is 0 Å². The van der Waals surface area contributed by atoms with E-state index in [9.17, 15) is 9.59 Å². The van der Waals surface area contributed by atoms with Crippen LogP contribution in [-0.2, 0) is 16.1 Å². The third-order valence-electron chi connectivity index (χ3n) is 6.11. The van der Waals surface area contributed by atoms with Crippen LogP contribution in [0.4, 0.5) is 11.5 Å². The zero-order valence-electron chi connectivity index (χ0n) is 17.5. The SMILES string of the molecule is O=C(c1cnc2c(c1)N(CC1CC1)C(=O)CN2)N(Cc1ccncc1)CC1CCCO1. The number of anilines is 2. The summed E-state index contributed by atoms with van der Waals surface area (Å²) in [6.07, 6.45) is 9.40. The van der Waals surface area contributed by atoms with Crippen LogP contribution >= 0.6 is 0 Å². The molecule has 4 heterocycles. The second-order valence-electron chi connectivity index (χ2n) is 8.57. The van der Waals surface area contributed by atoms with E-state index >= 15 is 0 Å². The number of rotatable bonds is 7. The van der Waals surface area contributed by atoms with Gasteiger partial charge in [-0.25, -0.2) is 4.98 Å². The first kappa shape index (κ1) is 19.9. The van der Waals surface area contributed by atoms with Crippen molar-refractivity contribution in [2.45, 2.75) is 38.3 Å². The van der Waals surface area contributed by atoms with E-state index in [1.54, 1.807) is 23.5 Å². The fourth-order valence-electron chi connectivity index (χ4n) is 4.20. The Bertz CT molecular complexity index is 957. The number of ether oxygens (including phenoxy) is 1. The molecule has 1 aliphatic carbocycles. The minimum absolute atomic E-state index is 0.0267. The highest BCUT2D eigenvalue weighted by molar-refractivity contribution is 6.04. The summed E-state index contributed by atoms with van der Waals surface area (Å²) >= 11 is 0. The van der Waals surface area contributed by atoms with Gasteiger partial charge in [0.1, 0.15) is 5.82 Å². The van der Waals surface area contributed by atoms with Gasteiger partial charge in [-0.05, 0) is 55.4 Å². The summed E-state index contributed by atoms with van der Waals surface area (Å²) in [5.41, 5.74) is 2.21. The van der Waals surface area contributed by atoms with E-state index in [1.807, 2.05) is 23.1 Å². The predicted molar refractivity (Wildman–Crippen MR) is 116 cm³/mol. The molecule has 1 N–H and O–H groups in total. The lowest BCUT2D eigenvalue weighted by Crippen LogP contribution is -2.42. The van der Waals surface area contributed by atoms with E-state index in [4.69, 9.17) is 4.74 Å². The van der Waals surface area contributed by atoms with Crippen LogP contribution in [0.1, 0.15) is 41.6 Å². The molecule has 0 spiro atoms. The molecule has 1 atom stereocenters. The van der Waals surface area contributed by atoms with Crippen molar-refractivity contribution in [3.05, 3.63) is 47.9 Å². The lowest BCUT2D eigenvalue weighted by molar-refractivity contribution is -0.117. The Labute approximate surface area is 181 Å². The number of pyridine rings is 2. The number of hydrogen-bond donors (Lipinski definition) is 1. The first-order valence-corrected chi connectivity index (χ1v) is 11.0. The lowest BCUT2D eigenvalue weighted by Gasteiger charge is -2.30. The normalized spacial score (nSPS) is 20.3. The molecule has 2 fully saturated rings. The standard InChI is InChI=1S/C23H27N5O3/c29-21-12-26-22-20(28(21)14-16-3-4-16)10-18(11-25-22)23(30)27(15-19-2-1-9-31-19)13-17-5-7-24-8-6-17/h5-8,10-11,16,19H,1-4,9,12-15H2,(H,25,26). The van der Waals surface area contributed by atoms with Gasteiger partial charge in [0, 0.05) is 44.8 Å². The molecule has 2 aromatic rings. The van der Waals surface area contributed by atoms with Crippen LogP contribution in [0.3, 0.4) is 0 Å². The van der Waals surface area contributed by atoms with Crippen LogP contribution in [-0.4, -0.2) is 59.0 Å². The maximum atomic E-state index is 13.5. The topological polar surface area (TPSA) is 87.7 Å². The summed E-state index contributed by atoms with van der Waals surface area (Å²) in [7, 11) is 0. The van der Waals surface area contributed by atoms with Gasteiger partial charge in [0.25, 0.3) is 5.91 Å². The molecule has 2 aliphatic heterocycles. The zero-order chi connectivity index (χ0) is 21.2. The molecular formula is C23H27N5O3. The van der Waals surface area contributed by atoms with Crippen molar-refractivity contribution in [3.63, 3.8) is 0 Å². The van der Waals surface area contributed by atoms with Crippen molar-refractivity contribution in [2.24, 2.45) is 5.92 Å². The Morgan fingerprint density at radius 3 is 2.84 bits per heavy atom. The first-order chi connectivity index (χ1) is 15.2. The van der Waals surface area contributed by atoms with Crippen LogP contribution < -0.4 is 10.2 Å². The summed E-state index contributed by atoms with van der Waals surface area (Å²) < 4.78 is 5.79. The molecule has 31 heavy (non-hydrogen) atoms. The zero-order valence-corrected chi connectivity index (χ0v) is 17.5. The number of amides is 2. The van der Waals surface area contributed by atoms with E-state index in [2.05, 4.69) is 15.3 Å². The highest BCUT2D eigenvalue weighted by Crippen LogP contribution is 2.35. The minimum Gasteiger partial charge on any atom is -0.376 e. The fraction of sp³-hybridized carbons (Fsp3) is 0.478. The monoisotopic (exact) mass is 421 g/mol. The average Bonchev–Trinajstić information content (AvgIpc) is 3.47. The van der Waals surface area contributed by atoms with Crippen LogP contribution in [0.2, 0.25) is 0 Å². The summed E-state index contributed by atoms with van der Waals surface area (Å²) in [5, 5.41) is 3.08. The quantitative estimate of drug-likeness (QED) is 0.739. The van der Waals surface area contributed by atoms with E-state index < -0.39 is 0 Å². The van der Waals surface area contributed by atoms with Gasteiger partial charge in [-0.2, -0.15) is 0 Å². The molecule has 1 saturated heterocycles. The summed E-state index contributed by atoms with van der Waals surface area (Å²) in [5.74, 6) is 1.14. The molecule has 0 aromatic carbocycles. The Kier molecular flexibility index (Phi) is 5.55. The average molecular weight is 422 g/mol. The Hall–Kier alpha value is -3.00. The molecule has 5 rings (SSSR count). The largest absolute Gasteiger partial charge is 0.376 e. The molecule has 1 unspecified atom stereocenters. The maximum absolute atomic E-state index is 13.5. The van der Waals surface area contributed by atoms with Gasteiger partial charge in [-0.15, -0.1) is 0 Å². The summed E-state index contributed by atoms with van der Waals surface area (Å²) in [6, 6.07) is 5.65. The summed E-state index contributed by atoms with van der Waals surface area (Å²) in [4.78, 5) is 38.2. The number of nitrogens with one attached hydrogen (secondary N) is 1. The van der Waals surface area contributed by atoms with Crippen molar-refractivity contribution in [1.82, 2.24) is 14.9 Å². The van der Waals surface area contributed by atoms with E-state index in [-0.39, 0.29) is 24.5 Å². The molecule has 2 amide bonds. The molecule has 0 bridgehead atoms. The predicted octanol–water partition coefficient (Wildman–Crippen LogP) is 2.47. The van der Waals surface area contributed by atoms with Crippen molar-refractivity contribution >= 4 is 23.3 Å². The lowest BCUT2D eigenvalue weighted by atomic mass is 10.1. The number of carbonyl (C=O) groups is 2. The van der Waals surface area contributed by atoms with Crippen LogP contribution in [0.25, 0.3) is 0 Å². The molecule has 8 nitrogen and oxygen atoms in total. The second kappa shape index (κ2) is 8.63. The van der Waals surface area contributed by atoms with Crippen molar-refractivity contribution < 1.29 is 14.3 Å². The van der Waals surface area contributed by atoms with Gasteiger partial charge >= 0.3 is 0 Å². The Balaban J connectivity index is 1.41. The third kappa shape index (κ3) is 4.54. The molecular weight excluding hydrogens is 394 g/mol. The van der Waals surface area contributed by atoms with Gasteiger partial charge in [-0.3, -0.25) is 14.6 Å². The first-order valence-electron chi connectivity index (χ1n) is 11.0. The van der Waals surface area contributed by atoms with Gasteiger partial charge in [0.2, 0.25) is 5.91 Å². The highest BCUT2D eigenvalue weighted by atomic mass is 16.5. The van der Waals surface area contributed by atoms with Crippen molar-refractivity contribution in [3.8, 4) is 0 Å². The fourth-order valence-corrected chi connectivity index (χ4v) is 4.20. The number of fused-ring (bicyclic) bond motifs is 1. The Morgan fingerprint density at radius 2 is 2.10 bits per heavy atom. The molecule has 2 aromatic heterocycles. The molecule has 1 saturated carbocycles. The number of aromatic nitrogens is 2. The minimum atomic E-state index is -0.105. The van der Waals surface area contributed by atoms with Crippen LogP contribution in [0.15, 0.2) is 36.8 Å². The second-order valence-corrected chi connectivity index (χ2v) is 8.57. The number of hydrogen-bond acceptors (Lipinski definition) is 6. The Morgan fingerprint density at radius 1 is 1.26 bits per heavy atom. The third-order valence-corrected chi connectivity index (χ3v) is 6.11. The summed E-state index contributed by atoms with van der Waals surface area (Å²) in [6.45, 7) is 2.69. The number of nitrogens with zero attached hydrogens (tertiary/aromatic N) is 4. The van der Waals surface area contributed by atoms with Gasteiger partial charge in [0.15, 0.2) is 0 Å². The van der Waals surface area contributed by atoms with Gasteiger partial charge in [-0.1, -0.05) is 0 Å². The maximum Gasteiger partial charge on any atom is 0.255 e. The number of carbonyl (C=O) groups excluding carboxylic acids is 2. The molecule has 8 heteroatoms. The smallest absolute Gasteiger partial charge is 0.255 e. The van der Waals surface area contributed by atoms with Crippen molar-refractivity contribution in [2.75, 3.05) is 36.5 Å². The van der Waals surface area contributed by atoms with E-state index in [0.717, 1.165) is 37.9 Å². The van der Waals surface area contributed by atoms with E-state index in [0.29, 0.717) is 42.6 Å². The van der Waals surface area contributed by atoms with Gasteiger partial charge in [0.05, 0.1) is 23.9 Å². The molecule has 3 aliphatic rings. The van der Waals surface area contributed by atoms with Crippen LogP contribution in [0, 0.1) is 5.92 Å². The van der Waals surface area contributed by atoms with Gasteiger partial charge < -0.3 is 19.9 Å².